The van der Waals surface area contributed by atoms with E-state index in [2.05, 4.69) is 4.74 Å². The Hall–Kier alpha value is -2.03. The number of carbonyl (C=O) groups is 1. The third kappa shape index (κ3) is 1.91. The lowest BCUT2D eigenvalue weighted by atomic mass is 10.3. The number of rotatable bonds is 2. The van der Waals surface area contributed by atoms with Gasteiger partial charge in [-0.25, -0.2) is 4.79 Å². The van der Waals surface area contributed by atoms with Crippen LogP contribution in [0, 0.1) is 0 Å². The molecule has 0 saturated carbocycles. The summed E-state index contributed by atoms with van der Waals surface area (Å²) in [5.41, 5.74) is 1.58. The highest BCUT2D eigenvalue weighted by atomic mass is 16.5. The Morgan fingerprint density at radius 2 is 1.93 bits per heavy atom. The molecule has 0 spiro atoms. The average molecular weight is 201 g/mol. The lowest BCUT2D eigenvalue weighted by Gasteiger charge is -2.00. The van der Waals surface area contributed by atoms with Crippen LogP contribution in [0.4, 0.5) is 0 Å². The van der Waals surface area contributed by atoms with Gasteiger partial charge in [0.05, 0.1) is 12.7 Å². The second-order valence-corrected chi connectivity index (χ2v) is 3.13. The third-order valence-corrected chi connectivity index (χ3v) is 2.17. The van der Waals surface area contributed by atoms with Gasteiger partial charge in [0.2, 0.25) is 0 Å². The predicted octanol–water partition coefficient (Wildman–Crippen LogP) is 2.26. The molecule has 0 bridgehead atoms. The van der Waals surface area contributed by atoms with Crippen LogP contribution in [0.1, 0.15) is 10.4 Å². The molecule has 1 heterocycles. The van der Waals surface area contributed by atoms with Gasteiger partial charge in [-0.05, 0) is 18.2 Å². The lowest BCUT2D eigenvalue weighted by molar-refractivity contribution is 0.0601. The first-order chi connectivity index (χ1) is 7.31. The highest BCUT2D eigenvalue weighted by molar-refractivity contribution is 5.89. The molecule has 1 aromatic heterocycles. The van der Waals surface area contributed by atoms with Crippen LogP contribution in [-0.2, 0) is 4.74 Å². The van der Waals surface area contributed by atoms with E-state index in [1.807, 2.05) is 41.1 Å². The minimum atomic E-state index is -0.315. The number of esters is 1. The van der Waals surface area contributed by atoms with Gasteiger partial charge in [-0.3, -0.25) is 0 Å². The maximum Gasteiger partial charge on any atom is 0.339 e. The number of nitrogens with zero attached hydrogens (tertiary/aromatic N) is 1. The lowest BCUT2D eigenvalue weighted by Crippen LogP contribution is -1.99. The third-order valence-electron chi connectivity index (χ3n) is 2.17. The van der Waals surface area contributed by atoms with Crippen LogP contribution in [0.5, 0.6) is 0 Å². The van der Waals surface area contributed by atoms with E-state index in [1.165, 1.54) is 7.11 Å². The number of carbonyl (C=O) groups excluding carboxylic acids is 1. The van der Waals surface area contributed by atoms with Gasteiger partial charge >= 0.3 is 5.97 Å². The van der Waals surface area contributed by atoms with Gasteiger partial charge in [0.15, 0.2) is 0 Å². The van der Waals surface area contributed by atoms with Gasteiger partial charge in [-0.2, -0.15) is 0 Å². The van der Waals surface area contributed by atoms with Crippen LogP contribution in [0.15, 0.2) is 48.8 Å². The van der Waals surface area contributed by atoms with Gasteiger partial charge in [0.25, 0.3) is 0 Å². The SMILES string of the molecule is COC(=O)c1ccn(-c2ccccc2)c1. The van der Waals surface area contributed by atoms with Gasteiger partial charge in [0.1, 0.15) is 0 Å². The molecule has 0 aliphatic rings. The molecular formula is C12H11NO2. The Morgan fingerprint density at radius 1 is 1.20 bits per heavy atom. The standard InChI is InChI=1S/C12H11NO2/c1-15-12(14)10-7-8-13(9-10)11-5-3-2-4-6-11/h2-9H,1H3. The zero-order valence-corrected chi connectivity index (χ0v) is 8.38. The molecule has 0 fully saturated rings. The first kappa shape index (κ1) is 9.52. The summed E-state index contributed by atoms with van der Waals surface area (Å²) in [5.74, 6) is -0.315. The molecule has 0 radical (unpaired) electrons. The molecule has 0 aliphatic carbocycles. The zero-order chi connectivity index (χ0) is 10.7. The maximum atomic E-state index is 11.2. The number of para-hydroxylation sites is 1. The summed E-state index contributed by atoms with van der Waals surface area (Å²) in [6, 6.07) is 11.5. The minimum absolute atomic E-state index is 0.315. The largest absolute Gasteiger partial charge is 0.465 e. The summed E-state index contributed by atoms with van der Waals surface area (Å²) in [7, 11) is 1.38. The van der Waals surface area contributed by atoms with E-state index in [-0.39, 0.29) is 5.97 Å². The molecule has 15 heavy (non-hydrogen) atoms. The van der Waals surface area contributed by atoms with Crippen molar-refractivity contribution in [2.45, 2.75) is 0 Å². The summed E-state index contributed by atoms with van der Waals surface area (Å²) in [6.07, 6.45) is 3.59. The summed E-state index contributed by atoms with van der Waals surface area (Å²) in [5, 5.41) is 0. The van der Waals surface area contributed by atoms with Gasteiger partial charge < -0.3 is 9.30 Å². The van der Waals surface area contributed by atoms with Crippen LogP contribution in [0.2, 0.25) is 0 Å². The fourth-order valence-electron chi connectivity index (χ4n) is 1.40. The summed E-state index contributed by atoms with van der Waals surface area (Å²) >= 11 is 0. The molecule has 0 saturated heterocycles. The number of methoxy groups -OCH3 is 1. The first-order valence-electron chi connectivity index (χ1n) is 4.63. The topological polar surface area (TPSA) is 31.2 Å². The molecule has 76 valence electrons. The monoisotopic (exact) mass is 201 g/mol. The molecule has 2 aromatic rings. The molecule has 3 nitrogen and oxygen atoms in total. The molecule has 0 unspecified atom stereocenters. The van der Waals surface area contributed by atoms with Crippen LogP contribution in [-0.4, -0.2) is 17.6 Å². The Bertz CT molecular complexity index is 459. The summed E-state index contributed by atoms with van der Waals surface area (Å²) in [4.78, 5) is 11.2. The van der Waals surface area contributed by atoms with E-state index in [4.69, 9.17) is 0 Å². The molecule has 2 rings (SSSR count). The van der Waals surface area contributed by atoms with Crippen molar-refractivity contribution in [1.29, 1.82) is 0 Å². The maximum absolute atomic E-state index is 11.2. The number of hydrogen-bond acceptors (Lipinski definition) is 2. The van der Waals surface area contributed by atoms with Crippen LogP contribution < -0.4 is 0 Å². The normalized spacial score (nSPS) is 9.93. The zero-order valence-electron chi connectivity index (χ0n) is 8.38. The molecular weight excluding hydrogens is 190 g/mol. The molecule has 1 aromatic carbocycles. The fourth-order valence-corrected chi connectivity index (χ4v) is 1.40. The van der Waals surface area contributed by atoms with Crippen LogP contribution >= 0.6 is 0 Å². The summed E-state index contributed by atoms with van der Waals surface area (Å²) in [6.45, 7) is 0. The van der Waals surface area contributed by atoms with Crippen molar-refractivity contribution >= 4 is 5.97 Å². The Morgan fingerprint density at radius 3 is 2.60 bits per heavy atom. The number of aromatic nitrogens is 1. The van der Waals surface area contributed by atoms with Gasteiger partial charge in [0, 0.05) is 18.1 Å². The van der Waals surface area contributed by atoms with Crippen molar-refractivity contribution in [1.82, 2.24) is 4.57 Å². The number of ether oxygens (including phenoxy) is 1. The van der Waals surface area contributed by atoms with Crippen molar-refractivity contribution in [2.75, 3.05) is 7.11 Å². The second-order valence-electron chi connectivity index (χ2n) is 3.13. The molecule has 0 aliphatic heterocycles. The van der Waals surface area contributed by atoms with E-state index in [9.17, 15) is 4.79 Å². The van der Waals surface area contributed by atoms with Crippen molar-refractivity contribution in [3.05, 3.63) is 54.4 Å². The van der Waals surface area contributed by atoms with Crippen molar-refractivity contribution in [3.8, 4) is 5.69 Å². The smallest absolute Gasteiger partial charge is 0.339 e. The molecule has 0 atom stereocenters. The highest BCUT2D eigenvalue weighted by Gasteiger charge is 2.06. The molecule has 0 amide bonds. The highest BCUT2D eigenvalue weighted by Crippen LogP contribution is 2.10. The van der Waals surface area contributed by atoms with E-state index < -0.39 is 0 Å². The number of benzene rings is 1. The van der Waals surface area contributed by atoms with E-state index in [1.54, 1.807) is 12.3 Å². The fraction of sp³-hybridized carbons (Fsp3) is 0.0833. The van der Waals surface area contributed by atoms with Crippen LogP contribution in [0.25, 0.3) is 5.69 Å². The van der Waals surface area contributed by atoms with Crippen molar-refractivity contribution in [2.24, 2.45) is 0 Å². The van der Waals surface area contributed by atoms with Gasteiger partial charge in [-0.1, -0.05) is 18.2 Å². The van der Waals surface area contributed by atoms with Gasteiger partial charge in [-0.15, -0.1) is 0 Å². The molecule has 0 N–H and O–H groups in total. The Kier molecular flexibility index (Phi) is 2.54. The van der Waals surface area contributed by atoms with Crippen LogP contribution in [0.3, 0.4) is 0 Å². The second kappa shape index (κ2) is 4.00. The van der Waals surface area contributed by atoms with E-state index in [0.29, 0.717) is 5.56 Å². The minimum Gasteiger partial charge on any atom is -0.465 e. The number of hydrogen-bond donors (Lipinski definition) is 0. The predicted molar refractivity (Wildman–Crippen MR) is 57.1 cm³/mol. The molecule has 3 heteroatoms. The van der Waals surface area contributed by atoms with E-state index in [0.717, 1.165) is 5.69 Å². The van der Waals surface area contributed by atoms with E-state index >= 15 is 0 Å². The Balaban J connectivity index is 2.32. The quantitative estimate of drug-likeness (QED) is 0.698. The summed E-state index contributed by atoms with van der Waals surface area (Å²) < 4.78 is 6.51. The Labute approximate surface area is 87.9 Å². The average Bonchev–Trinajstić information content (AvgIpc) is 2.78. The first-order valence-corrected chi connectivity index (χ1v) is 4.63. The van der Waals surface area contributed by atoms with Crippen molar-refractivity contribution < 1.29 is 9.53 Å². The van der Waals surface area contributed by atoms with Crippen molar-refractivity contribution in [3.63, 3.8) is 0 Å².